The average molecular weight is 323 g/mol. The molecule has 122 valence electrons. The Morgan fingerprint density at radius 3 is 2.79 bits per heavy atom. The van der Waals surface area contributed by atoms with Crippen molar-refractivity contribution in [3.05, 3.63) is 48.0 Å². The zero-order chi connectivity index (χ0) is 17.1. The van der Waals surface area contributed by atoms with Crippen molar-refractivity contribution in [2.24, 2.45) is 5.73 Å². The molecule has 2 aromatic carbocycles. The number of primary amides is 1. The lowest BCUT2D eigenvalue weighted by Crippen LogP contribution is -2.28. The molecule has 3 amide bonds. The Balaban J connectivity index is 1.99. The molecular weight excluding hydrogens is 306 g/mol. The van der Waals surface area contributed by atoms with Crippen LogP contribution in [-0.2, 0) is 0 Å². The molecule has 0 unspecified atom stereocenters. The Labute approximate surface area is 138 Å². The first-order chi connectivity index (χ1) is 11.6. The van der Waals surface area contributed by atoms with E-state index in [2.05, 4.69) is 20.8 Å². The zero-order valence-electron chi connectivity index (χ0n) is 13.1. The predicted octanol–water partition coefficient (Wildman–Crippen LogP) is 2.47. The van der Waals surface area contributed by atoms with Gasteiger partial charge in [-0.05, 0) is 37.3 Å². The molecule has 0 aliphatic heterocycles. The van der Waals surface area contributed by atoms with Crippen molar-refractivity contribution in [3.63, 3.8) is 0 Å². The lowest BCUT2D eigenvalue weighted by molar-refractivity contribution is 0.100. The fourth-order valence-electron chi connectivity index (χ4n) is 2.47. The third-order valence-electron chi connectivity index (χ3n) is 3.58. The molecule has 0 aliphatic rings. The van der Waals surface area contributed by atoms with Crippen molar-refractivity contribution in [1.82, 2.24) is 15.5 Å². The number of aromatic amines is 1. The third kappa shape index (κ3) is 3.05. The highest BCUT2D eigenvalue weighted by atomic mass is 16.2. The van der Waals surface area contributed by atoms with Crippen LogP contribution in [0.25, 0.3) is 22.2 Å². The summed E-state index contributed by atoms with van der Waals surface area (Å²) in [6.07, 6.45) is 0. The quantitative estimate of drug-likeness (QED) is 0.591. The third-order valence-corrected chi connectivity index (χ3v) is 3.58. The smallest absolute Gasteiger partial charge is 0.319 e. The van der Waals surface area contributed by atoms with E-state index in [4.69, 9.17) is 5.73 Å². The molecule has 0 bridgehead atoms. The predicted molar refractivity (Wildman–Crippen MR) is 92.7 cm³/mol. The number of H-pyrrole nitrogens is 1. The Morgan fingerprint density at radius 1 is 1.21 bits per heavy atom. The molecule has 24 heavy (non-hydrogen) atoms. The normalized spacial score (nSPS) is 10.5. The Morgan fingerprint density at radius 2 is 2.04 bits per heavy atom. The number of nitrogens with zero attached hydrogens (tertiary/aromatic N) is 1. The van der Waals surface area contributed by atoms with Crippen LogP contribution in [0.15, 0.2) is 42.5 Å². The van der Waals surface area contributed by atoms with Gasteiger partial charge in [-0.2, -0.15) is 5.10 Å². The van der Waals surface area contributed by atoms with E-state index in [0.29, 0.717) is 23.5 Å². The van der Waals surface area contributed by atoms with Gasteiger partial charge in [0.05, 0.1) is 11.2 Å². The minimum atomic E-state index is -0.490. The number of benzene rings is 2. The molecule has 0 spiro atoms. The van der Waals surface area contributed by atoms with Crippen LogP contribution in [0.1, 0.15) is 17.3 Å². The second-order valence-electron chi connectivity index (χ2n) is 5.26. The van der Waals surface area contributed by atoms with Crippen LogP contribution in [0.5, 0.6) is 0 Å². The first-order valence-electron chi connectivity index (χ1n) is 7.51. The standard InChI is InChI=1S/C17H17N5O2/c1-2-19-17(24)20-12-5-3-4-10(8-12)15-13-9-11(16(18)23)6-7-14(13)21-22-15/h3-9H,2H2,1H3,(H2,18,23)(H,21,22)(H2,19,20,24). The number of nitrogens with one attached hydrogen (secondary N) is 3. The highest BCUT2D eigenvalue weighted by molar-refractivity contribution is 6.01. The number of aromatic nitrogens is 2. The van der Waals surface area contributed by atoms with E-state index < -0.39 is 5.91 Å². The Kier molecular flexibility index (Phi) is 4.15. The van der Waals surface area contributed by atoms with Crippen LogP contribution < -0.4 is 16.4 Å². The molecule has 7 heteroatoms. The molecule has 1 aromatic heterocycles. The van der Waals surface area contributed by atoms with Crippen molar-refractivity contribution in [2.75, 3.05) is 11.9 Å². The SMILES string of the molecule is CCNC(=O)Nc1cccc(-c2n[nH]c3ccc(C(N)=O)cc23)c1. The summed E-state index contributed by atoms with van der Waals surface area (Å²) in [7, 11) is 0. The van der Waals surface area contributed by atoms with Gasteiger partial charge in [-0.15, -0.1) is 0 Å². The van der Waals surface area contributed by atoms with Crippen LogP contribution >= 0.6 is 0 Å². The molecule has 0 aliphatic carbocycles. The van der Waals surface area contributed by atoms with Gasteiger partial charge in [0.1, 0.15) is 0 Å². The van der Waals surface area contributed by atoms with Crippen LogP contribution in [0.4, 0.5) is 10.5 Å². The highest BCUT2D eigenvalue weighted by Gasteiger charge is 2.11. The van der Waals surface area contributed by atoms with Gasteiger partial charge >= 0.3 is 6.03 Å². The van der Waals surface area contributed by atoms with Crippen molar-refractivity contribution in [1.29, 1.82) is 0 Å². The summed E-state index contributed by atoms with van der Waals surface area (Å²) < 4.78 is 0. The molecule has 3 aromatic rings. The minimum absolute atomic E-state index is 0.266. The van der Waals surface area contributed by atoms with E-state index in [1.54, 1.807) is 24.3 Å². The summed E-state index contributed by atoms with van der Waals surface area (Å²) in [5.41, 5.74) is 8.72. The van der Waals surface area contributed by atoms with E-state index in [1.807, 2.05) is 25.1 Å². The number of urea groups is 1. The first kappa shape index (κ1) is 15.5. The van der Waals surface area contributed by atoms with Crippen LogP contribution in [0.2, 0.25) is 0 Å². The van der Waals surface area contributed by atoms with Crippen LogP contribution in [0, 0.1) is 0 Å². The van der Waals surface area contributed by atoms with Gasteiger partial charge in [-0.3, -0.25) is 9.89 Å². The fourth-order valence-corrected chi connectivity index (χ4v) is 2.47. The van der Waals surface area contributed by atoms with Gasteiger partial charge in [-0.25, -0.2) is 4.79 Å². The van der Waals surface area contributed by atoms with Gasteiger partial charge in [-0.1, -0.05) is 12.1 Å². The molecule has 0 radical (unpaired) electrons. The monoisotopic (exact) mass is 323 g/mol. The number of hydrogen-bond donors (Lipinski definition) is 4. The molecule has 0 fully saturated rings. The number of carbonyl (C=O) groups is 2. The van der Waals surface area contributed by atoms with E-state index in [-0.39, 0.29) is 6.03 Å². The second kappa shape index (κ2) is 6.41. The maximum Gasteiger partial charge on any atom is 0.319 e. The number of rotatable bonds is 4. The summed E-state index contributed by atoms with van der Waals surface area (Å²) in [6, 6.07) is 12.2. The lowest BCUT2D eigenvalue weighted by atomic mass is 10.0. The molecule has 5 N–H and O–H groups in total. The Bertz CT molecular complexity index is 916. The molecule has 1 heterocycles. The molecule has 0 saturated carbocycles. The van der Waals surface area contributed by atoms with Gasteiger partial charge in [0.15, 0.2) is 0 Å². The number of nitrogens with two attached hydrogens (primary N) is 1. The summed E-state index contributed by atoms with van der Waals surface area (Å²) in [4.78, 5) is 23.0. The first-order valence-corrected chi connectivity index (χ1v) is 7.51. The largest absolute Gasteiger partial charge is 0.366 e. The minimum Gasteiger partial charge on any atom is -0.366 e. The molecule has 0 atom stereocenters. The topological polar surface area (TPSA) is 113 Å². The van der Waals surface area contributed by atoms with E-state index >= 15 is 0 Å². The van der Waals surface area contributed by atoms with Crippen molar-refractivity contribution in [2.45, 2.75) is 6.92 Å². The summed E-state index contributed by atoms with van der Waals surface area (Å²) in [6.45, 7) is 2.40. The summed E-state index contributed by atoms with van der Waals surface area (Å²) in [5, 5.41) is 13.5. The maximum absolute atomic E-state index is 11.6. The number of anilines is 1. The Hall–Kier alpha value is -3.35. The number of hydrogen-bond acceptors (Lipinski definition) is 3. The second-order valence-corrected chi connectivity index (χ2v) is 5.26. The van der Waals surface area contributed by atoms with Crippen molar-refractivity contribution >= 4 is 28.5 Å². The fraction of sp³-hybridized carbons (Fsp3) is 0.118. The van der Waals surface area contributed by atoms with E-state index in [1.165, 1.54) is 0 Å². The molecular formula is C17H17N5O2. The molecule has 7 nitrogen and oxygen atoms in total. The number of fused-ring (bicyclic) bond motifs is 1. The van der Waals surface area contributed by atoms with Gasteiger partial charge in [0, 0.05) is 28.7 Å². The van der Waals surface area contributed by atoms with Gasteiger partial charge in [0.2, 0.25) is 5.91 Å². The number of carbonyl (C=O) groups excluding carboxylic acids is 2. The average Bonchev–Trinajstić information content (AvgIpc) is 2.98. The van der Waals surface area contributed by atoms with Crippen LogP contribution in [-0.4, -0.2) is 28.7 Å². The highest BCUT2D eigenvalue weighted by Crippen LogP contribution is 2.28. The van der Waals surface area contributed by atoms with Crippen molar-refractivity contribution in [3.8, 4) is 11.3 Å². The molecule has 3 rings (SSSR count). The van der Waals surface area contributed by atoms with Crippen LogP contribution in [0.3, 0.4) is 0 Å². The zero-order valence-corrected chi connectivity index (χ0v) is 13.1. The summed E-state index contributed by atoms with van der Waals surface area (Å²) >= 11 is 0. The summed E-state index contributed by atoms with van der Waals surface area (Å²) in [5.74, 6) is -0.490. The van der Waals surface area contributed by atoms with E-state index in [0.717, 1.165) is 16.5 Å². The van der Waals surface area contributed by atoms with E-state index in [9.17, 15) is 9.59 Å². The maximum atomic E-state index is 11.6. The van der Waals surface area contributed by atoms with Gasteiger partial charge < -0.3 is 16.4 Å². The lowest BCUT2D eigenvalue weighted by Gasteiger charge is -2.07. The molecule has 0 saturated heterocycles. The van der Waals surface area contributed by atoms with Gasteiger partial charge in [0.25, 0.3) is 0 Å². The number of amides is 3. The van der Waals surface area contributed by atoms with Crippen molar-refractivity contribution < 1.29 is 9.59 Å².